The van der Waals surface area contributed by atoms with Gasteiger partial charge in [0.2, 0.25) is 5.88 Å². The maximum Gasteiger partial charge on any atom is 0.302 e. The minimum atomic E-state index is -0.535. The first-order valence-corrected chi connectivity index (χ1v) is 8.52. The lowest BCUT2D eigenvalue weighted by atomic mass is 10.2. The molecule has 3 aromatic rings. The van der Waals surface area contributed by atoms with Crippen molar-refractivity contribution in [2.75, 3.05) is 6.61 Å². The third-order valence-electron chi connectivity index (χ3n) is 3.65. The van der Waals surface area contributed by atoms with Crippen LogP contribution in [-0.4, -0.2) is 22.2 Å². The fraction of sp³-hybridized carbons (Fsp3) is 0.167. The molecule has 0 aliphatic heterocycles. The Labute approximate surface area is 152 Å². The van der Waals surface area contributed by atoms with Crippen molar-refractivity contribution >= 4 is 38.4 Å². The van der Waals surface area contributed by atoms with Crippen molar-refractivity contribution in [2.24, 2.45) is 10.2 Å². The molecule has 6 nitrogen and oxygen atoms in total. The number of amides is 1. The van der Waals surface area contributed by atoms with Gasteiger partial charge in [0, 0.05) is 16.4 Å². The maximum atomic E-state index is 11.9. The highest BCUT2D eigenvalue weighted by Gasteiger charge is 2.15. The molecule has 0 unspecified atom stereocenters. The molecule has 0 saturated heterocycles. The lowest BCUT2D eigenvalue weighted by Crippen LogP contribution is -2.07. The van der Waals surface area contributed by atoms with E-state index in [1.165, 1.54) is 0 Å². The van der Waals surface area contributed by atoms with Gasteiger partial charge in [-0.2, -0.15) is 0 Å². The lowest BCUT2D eigenvalue weighted by molar-refractivity contribution is -0.120. The van der Waals surface area contributed by atoms with Crippen LogP contribution in [0, 0.1) is 0 Å². The van der Waals surface area contributed by atoms with Crippen LogP contribution < -0.4 is 4.74 Å². The van der Waals surface area contributed by atoms with Gasteiger partial charge in [0.25, 0.3) is 0 Å². The van der Waals surface area contributed by atoms with E-state index in [0.717, 1.165) is 15.4 Å². The maximum absolute atomic E-state index is 11.9. The summed E-state index contributed by atoms with van der Waals surface area (Å²) in [6.45, 7) is 2.28. The molecular weight excluding hydrogens is 386 g/mol. The average molecular weight is 402 g/mol. The molecular formula is C18H16BrN3O3. The molecule has 1 heterocycles. The molecule has 0 saturated carbocycles. The molecule has 3 rings (SSSR count). The SMILES string of the molecule is CCn1c(O)c(N=NC(=O)COc2cccc(Br)c2)c2ccccc21. The predicted octanol–water partition coefficient (Wildman–Crippen LogP) is 4.82. The molecule has 0 atom stereocenters. The molecule has 0 fully saturated rings. The molecule has 25 heavy (non-hydrogen) atoms. The van der Waals surface area contributed by atoms with Gasteiger partial charge in [0.05, 0.1) is 5.52 Å². The first-order valence-electron chi connectivity index (χ1n) is 7.73. The zero-order valence-corrected chi connectivity index (χ0v) is 15.1. The number of azo groups is 1. The summed E-state index contributed by atoms with van der Waals surface area (Å²) in [5.74, 6) is 0.0178. The monoisotopic (exact) mass is 401 g/mol. The highest BCUT2D eigenvalue weighted by molar-refractivity contribution is 9.10. The number of ether oxygens (including phenoxy) is 1. The largest absolute Gasteiger partial charge is 0.493 e. The van der Waals surface area contributed by atoms with Crippen LogP contribution in [0.4, 0.5) is 5.69 Å². The van der Waals surface area contributed by atoms with Gasteiger partial charge in [-0.15, -0.1) is 10.2 Å². The van der Waals surface area contributed by atoms with Gasteiger partial charge >= 0.3 is 5.91 Å². The van der Waals surface area contributed by atoms with E-state index in [2.05, 4.69) is 26.2 Å². The fourth-order valence-electron chi connectivity index (χ4n) is 2.53. The predicted molar refractivity (Wildman–Crippen MR) is 98.4 cm³/mol. The molecule has 0 aliphatic rings. The standard InChI is InChI=1S/C18H16BrN3O3/c1-2-22-15-9-4-3-8-14(15)17(18(22)24)21-20-16(23)11-25-13-7-5-6-12(19)10-13/h3-10,24H,2,11H2,1H3. The van der Waals surface area contributed by atoms with Gasteiger partial charge in [0.15, 0.2) is 12.3 Å². The molecule has 0 radical (unpaired) electrons. The number of fused-ring (bicyclic) bond motifs is 1. The average Bonchev–Trinajstić information content (AvgIpc) is 2.89. The number of hydrogen-bond donors (Lipinski definition) is 1. The lowest BCUT2D eigenvalue weighted by Gasteiger charge is -2.03. The van der Waals surface area contributed by atoms with Crippen LogP contribution >= 0.6 is 15.9 Å². The number of halogens is 1. The van der Waals surface area contributed by atoms with Crippen molar-refractivity contribution in [3.05, 3.63) is 53.0 Å². The zero-order valence-electron chi connectivity index (χ0n) is 13.5. The summed E-state index contributed by atoms with van der Waals surface area (Å²) in [7, 11) is 0. The first kappa shape index (κ1) is 17.2. The number of hydrogen-bond acceptors (Lipinski definition) is 4. The van der Waals surface area contributed by atoms with Crippen molar-refractivity contribution in [1.29, 1.82) is 0 Å². The van der Waals surface area contributed by atoms with Crippen LogP contribution in [0.15, 0.2) is 63.2 Å². The summed E-state index contributed by atoms with van der Waals surface area (Å²) >= 11 is 3.33. The Balaban J connectivity index is 1.76. The van der Waals surface area contributed by atoms with Crippen LogP contribution in [0.3, 0.4) is 0 Å². The van der Waals surface area contributed by atoms with E-state index in [9.17, 15) is 9.90 Å². The number of carbonyl (C=O) groups excluding carboxylic acids is 1. The van der Waals surface area contributed by atoms with Gasteiger partial charge in [-0.3, -0.25) is 4.79 Å². The second-order valence-corrected chi connectivity index (χ2v) is 6.19. The summed E-state index contributed by atoms with van der Waals surface area (Å²) in [6, 6.07) is 14.6. The number of aromatic nitrogens is 1. The van der Waals surface area contributed by atoms with Crippen LogP contribution in [0.1, 0.15) is 6.92 Å². The normalized spacial score (nSPS) is 11.3. The second-order valence-electron chi connectivity index (χ2n) is 5.27. The number of benzene rings is 2. The quantitative estimate of drug-likeness (QED) is 0.622. The van der Waals surface area contributed by atoms with Crippen molar-refractivity contribution < 1.29 is 14.6 Å². The van der Waals surface area contributed by atoms with Crippen LogP contribution in [0.25, 0.3) is 10.9 Å². The van der Waals surface area contributed by atoms with E-state index in [-0.39, 0.29) is 18.2 Å². The molecule has 1 N–H and O–H groups in total. The summed E-state index contributed by atoms with van der Waals surface area (Å²) in [5, 5.41) is 18.7. The van der Waals surface area contributed by atoms with Crippen molar-refractivity contribution in [3.8, 4) is 11.6 Å². The third-order valence-corrected chi connectivity index (χ3v) is 4.15. The van der Waals surface area contributed by atoms with Gasteiger partial charge in [-0.05, 0) is 31.2 Å². The van der Waals surface area contributed by atoms with Crippen molar-refractivity contribution in [1.82, 2.24) is 4.57 Å². The highest BCUT2D eigenvalue weighted by atomic mass is 79.9. The molecule has 1 aromatic heterocycles. The Hall–Kier alpha value is -2.67. The third kappa shape index (κ3) is 3.71. The summed E-state index contributed by atoms with van der Waals surface area (Å²) in [4.78, 5) is 11.9. The topological polar surface area (TPSA) is 76.2 Å². The van der Waals surface area contributed by atoms with Crippen molar-refractivity contribution in [2.45, 2.75) is 13.5 Å². The van der Waals surface area contributed by atoms with Gasteiger partial charge in [-0.1, -0.05) is 40.2 Å². The second kappa shape index (κ2) is 7.48. The molecule has 128 valence electrons. The van der Waals surface area contributed by atoms with E-state index in [0.29, 0.717) is 12.3 Å². The highest BCUT2D eigenvalue weighted by Crippen LogP contribution is 2.38. The van der Waals surface area contributed by atoms with Crippen LogP contribution in [0.5, 0.6) is 11.6 Å². The number of carbonyl (C=O) groups is 1. The number of rotatable bonds is 5. The number of para-hydroxylation sites is 1. The van der Waals surface area contributed by atoms with Crippen LogP contribution in [0.2, 0.25) is 0 Å². The Bertz CT molecular complexity index is 950. The Morgan fingerprint density at radius 3 is 2.80 bits per heavy atom. The van der Waals surface area contributed by atoms with Gasteiger partial charge < -0.3 is 14.4 Å². The van der Waals surface area contributed by atoms with Gasteiger partial charge in [0.1, 0.15) is 5.75 Å². The van der Waals surface area contributed by atoms with E-state index in [1.807, 2.05) is 43.3 Å². The van der Waals surface area contributed by atoms with E-state index in [4.69, 9.17) is 4.74 Å². The number of nitrogens with zero attached hydrogens (tertiary/aromatic N) is 3. The molecule has 0 bridgehead atoms. The van der Waals surface area contributed by atoms with E-state index in [1.54, 1.807) is 16.7 Å². The summed E-state index contributed by atoms with van der Waals surface area (Å²) in [6.07, 6.45) is 0. The van der Waals surface area contributed by atoms with Crippen LogP contribution in [-0.2, 0) is 11.3 Å². The Morgan fingerprint density at radius 2 is 2.04 bits per heavy atom. The van der Waals surface area contributed by atoms with E-state index >= 15 is 0 Å². The smallest absolute Gasteiger partial charge is 0.302 e. The molecule has 7 heteroatoms. The summed E-state index contributed by atoms with van der Waals surface area (Å²) < 4.78 is 7.95. The zero-order chi connectivity index (χ0) is 17.8. The minimum Gasteiger partial charge on any atom is -0.493 e. The molecule has 1 amide bonds. The van der Waals surface area contributed by atoms with Crippen molar-refractivity contribution in [3.63, 3.8) is 0 Å². The number of aromatic hydroxyl groups is 1. The summed E-state index contributed by atoms with van der Waals surface area (Å²) in [5.41, 5.74) is 1.13. The Morgan fingerprint density at radius 1 is 1.24 bits per heavy atom. The molecule has 0 aliphatic carbocycles. The fourth-order valence-corrected chi connectivity index (χ4v) is 2.91. The molecule has 2 aromatic carbocycles. The first-order chi connectivity index (χ1) is 12.1. The van der Waals surface area contributed by atoms with E-state index < -0.39 is 5.91 Å². The minimum absolute atomic E-state index is 0.00633. The van der Waals surface area contributed by atoms with Gasteiger partial charge in [-0.25, -0.2) is 0 Å². The number of aryl methyl sites for hydroxylation is 1. The molecule has 0 spiro atoms. The Kier molecular flexibility index (Phi) is 5.14.